The molecule has 0 heterocycles. The molecule has 1 unspecified atom stereocenters. The van der Waals surface area contributed by atoms with Gasteiger partial charge in [0.15, 0.2) is 0 Å². The van der Waals surface area contributed by atoms with Crippen molar-refractivity contribution in [3.63, 3.8) is 0 Å². The molecule has 2 rings (SSSR count). The van der Waals surface area contributed by atoms with Crippen LogP contribution < -0.4 is 5.73 Å². The topological polar surface area (TPSA) is 43.1 Å². The second-order valence-corrected chi connectivity index (χ2v) is 6.14. The van der Waals surface area contributed by atoms with Crippen LogP contribution in [0.3, 0.4) is 0 Å². The smallest absolute Gasteiger partial charge is 0.248 e. The molecule has 0 aromatic heterocycles. The predicted octanol–water partition coefficient (Wildman–Crippen LogP) is 3.29. The molecule has 2 aliphatic rings. The van der Waals surface area contributed by atoms with Crippen LogP contribution in [0.1, 0.15) is 57.8 Å². The summed E-state index contributed by atoms with van der Waals surface area (Å²) in [5, 5.41) is 0. The number of hydrogen-bond donors (Lipinski definition) is 1. The van der Waals surface area contributed by atoms with Gasteiger partial charge in [-0.3, -0.25) is 4.79 Å². The summed E-state index contributed by atoms with van der Waals surface area (Å²) in [6, 6.07) is 0. The first-order chi connectivity index (χ1) is 8.47. The Kier molecular flexibility index (Phi) is 4.05. The van der Waals surface area contributed by atoms with E-state index in [4.69, 9.17) is 5.73 Å². The summed E-state index contributed by atoms with van der Waals surface area (Å²) < 4.78 is 26.3. The third-order valence-electron chi connectivity index (χ3n) is 4.77. The zero-order chi connectivity index (χ0) is 13.2. The van der Waals surface area contributed by atoms with Crippen LogP contribution in [-0.4, -0.2) is 18.3 Å². The van der Waals surface area contributed by atoms with Gasteiger partial charge < -0.3 is 5.73 Å². The van der Waals surface area contributed by atoms with E-state index in [1.807, 2.05) is 0 Å². The van der Waals surface area contributed by atoms with Gasteiger partial charge in [0.05, 0.1) is 0 Å². The SMILES string of the molecule is NCC1(C(=O)CC2CCC(F)(F)C2)CCCCC1. The van der Waals surface area contributed by atoms with E-state index in [0.29, 0.717) is 19.4 Å². The van der Waals surface area contributed by atoms with E-state index < -0.39 is 11.3 Å². The summed E-state index contributed by atoms with van der Waals surface area (Å²) >= 11 is 0. The van der Waals surface area contributed by atoms with Crippen molar-refractivity contribution >= 4 is 5.78 Å². The molecule has 0 saturated heterocycles. The third kappa shape index (κ3) is 2.90. The highest BCUT2D eigenvalue weighted by molar-refractivity contribution is 5.85. The van der Waals surface area contributed by atoms with Gasteiger partial charge in [-0.1, -0.05) is 19.3 Å². The first-order valence-corrected chi connectivity index (χ1v) is 7.09. The van der Waals surface area contributed by atoms with Gasteiger partial charge >= 0.3 is 0 Å². The van der Waals surface area contributed by atoms with Crippen molar-refractivity contribution < 1.29 is 13.6 Å². The lowest BCUT2D eigenvalue weighted by Gasteiger charge is -2.35. The molecule has 0 spiro atoms. The number of hydrogen-bond acceptors (Lipinski definition) is 2. The second-order valence-electron chi connectivity index (χ2n) is 6.14. The minimum atomic E-state index is -2.55. The van der Waals surface area contributed by atoms with Crippen molar-refractivity contribution in [2.24, 2.45) is 17.1 Å². The van der Waals surface area contributed by atoms with Gasteiger partial charge in [0.2, 0.25) is 5.92 Å². The molecule has 1 atom stereocenters. The molecule has 0 bridgehead atoms. The Labute approximate surface area is 107 Å². The van der Waals surface area contributed by atoms with Gasteiger partial charge in [0.25, 0.3) is 0 Å². The molecule has 2 nitrogen and oxygen atoms in total. The Balaban J connectivity index is 1.94. The molecule has 4 heteroatoms. The molecule has 18 heavy (non-hydrogen) atoms. The molecule has 2 fully saturated rings. The van der Waals surface area contributed by atoms with Crippen molar-refractivity contribution in [1.82, 2.24) is 0 Å². The Hall–Kier alpha value is -0.510. The molecule has 2 aliphatic carbocycles. The predicted molar refractivity (Wildman–Crippen MR) is 66.5 cm³/mol. The highest BCUT2D eigenvalue weighted by Gasteiger charge is 2.43. The highest BCUT2D eigenvalue weighted by Crippen LogP contribution is 2.43. The lowest BCUT2D eigenvalue weighted by atomic mass is 9.69. The first kappa shape index (κ1) is 13.9. The van der Waals surface area contributed by atoms with Gasteiger partial charge in [-0.05, 0) is 25.2 Å². The highest BCUT2D eigenvalue weighted by atomic mass is 19.3. The van der Waals surface area contributed by atoms with Crippen LogP contribution >= 0.6 is 0 Å². The summed E-state index contributed by atoms with van der Waals surface area (Å²) in [5.74, 6) is -2.53. The standard InChI is InChI=1S/C14H23F2NO/c15-14(16)7-4-11(9-14)8-12(18)13(10-17)5-2-1-3-6-13/h11H,1-10,17H2. The zero-order valence-electron chi connectivity index (χ0n) is 10.9. The normalized spacial score (nSPS) is 30.3. The van der Waals surface area contributed by atoms with E-state index in [1.165, 1.54) is 0 Å². The van der Waals surface area contributed by atoms with Crippen molar-refractivity contribution in [2.75, 3.05) is 6.54 Å². The Morgan fingerprint density at radius 2 is 1.83 bits per heavy atom. The summed E-state index contributed by atoms with van der Waals surface area (Å²) in [6.45, 7) is 0.384. The van der Waals surface area contributed by atoms with Gasteiger partial charge in [-0.25, -0.2) is 8.78 Å². The van der Waals surface area contributed by atoms with Gasteiger partial charge in [0, 0.05) is 31.2 Å². The van der Waals surface area contributed by atoms with Crippen LogP contribution in [-0.2, 0) is 4.79 Å². The molecule has 2 saturated carbocycles. The van der Waals surface area contributed by atoms with Crippen LogP contribution in [0.15, 0.2) is 0 Å². The van der Waals surface area contributed by atoms with Crippen molar-refractivity contribution in [3.8, 4) is 0 Å². The largest absolute Gasteiger partial charge is 0.329 e. The Morgan fingerprint density at radius 1 is 1.17 bits per heavy atom. The molecule has 0 radical (unpaired) electrons. The number of carbonyl (C=O) groups is 1. The lowest BCUT2D eigenvalue weighted by Crippen LogP contribution is -2.41. The van der Waals surface area contributed by atoms with Crippen LogP contribution in [0.4, 0.5) is 8.78 Å². The maximum Gasteiger partial charge on any atom is 0.248 e. The van der Waals surface area contributed by atoms with Crippen LogP contribution in [0.5, 0.6) is 0 Å². The second kappa shape index (κ2) is 5.24. The minimum absolute atomic E-state index is 0.0550. The average molecular weight is 259 g/mol. The number of rotatable bonds is 4. The number of nitrogens with two attached hydrogens (primary N) is 1. The maximum absolute atomic E-state index is 13.1. The Bertz CT molecular complexity index is 311. The molecule has 0 amide bonds. The quantitative estimate of drug-likeness (QED) is 0.841. The summed E-state index contributed by atoms with van der Waals surface area (Å²) in [5.41, 5.74) is 5.40. The van der Waals surface area contributed by atoms with Crippen LogP contribution in [0.2, 0.25) is 0 Å². The molecule has 0 aliphatic heterocycles. The fourth-order valence-electron chi connectivity index (χ4n) is 3.52. The molecule has 0 aromatic carbocycles. The van der Waals surface area contributed by atoms with Crippen molar-refractivity contribution in [2.45, 2.75) is 63.7 Å². The molecular formula is C14H23F2NO. The molecule has 2 N–H and O–H groups in total. The number of ketones is 1. The Morgan fingerprint density at radius 3 is 2.33 bits per heavy atom. The van der Waals surface area contributed by atoms with Gasteiger partial charge in [0.1, 0.15) is 5.78 Å². The monoisotopic (exact) mass is 259 g/mol. The summed E-state index contributed by atoms with van der Waals surface area (Å²) in [7, 11) is 0. The molecule has 0 aromatic rings. The zero-order valence-corrected chi connectivity index (χ0v) is 10.9. The minimum Gasteiger partial charge on any atom is -0.329 e. The number of halogens is 2. The van der Waals surface area contributed by atoms with Gasteiger partial charge in [-0.15, -0.1) is 0 Å². The fraction of sp³-hybridized carbons (Fsp3) is 0.929. The fourth-order valence-corrected chi connectivity index (χ4v) is 3.52. The lowest BCUT2D eigenvalue weighted by molar-refractivity contribution is -0.131. The van der Waals surface area contributed by atoms with Crippen LogP contribution in [0.25, 0.3) is 0 Å². The van der Waals surface area contributed by atoms with E-state index in [2.05, 4.69) is 0 Å². The summed E-state index contributed by atoms with van der Waals surface area (Å²) in [4.78, 5) is 12.4. The molecular weight excluding hydrogens is 236 g/mol. The van der Waals surface area contributed by atoms with E-state index >= 15 is 0 Å². The van der Waals surface area contributed by atoms with E-state index in [1.54, 1.807) is 0 Å². The molecule has 104 valence electrons. The van der Waals surface area contributed by atoms with Gasteiger partial charge in [-0.2, -0.15) is 0 Å². The first-order valence-electron chi connectivity index (χ1n) is 7.09. The van der Waals surface area contributed by atoms with Crippen LogP contribution in [0, 0.1) is 11.3 Å². The maximum atomic E-state index is 13.1. The van der Waals surface area contributed by atoms with Crippen molar-refractivity contribution in [1.29, 1.82) is 0 Å². The summed E-state index contributed by atoms with van der Waals surface area (Å²) in [6.07, 6.45) is 5.59. The number of alkyl halides is 2. The third-order valence-corrected chi connectivity index (χ3v) is 4.77. The van der Waals surface area contributed by atoms with E-state index in [-0.39, 0.29) is 24.5 Å². The number of carbonyl (C=O) groups excluding carboxylic acids is 1. The van der Waals surface area contributed by atoms with Crippen molar-refractivity contribution in [3.05, 3.63) is 0 Å². The van der Waals surface area contributed by atoms with E-state index in [0.717, 1.165) is 32.1 Å². The average Bonchev–Trinajstić information content (AvgIpc) is 2.69. The number of Topliss-reactive ketones (excluding diaryl/α,β-unsaturated/α-hetero) is 1. The van der Waals surface area contributed by atoms with E-state index in [9.17, 15) is 13.6 Å².